The average molecular weight is 303 g/mol. The number of hydrogen-bond acceptors (Lipinski definition) is 3. The molecule has 110 valence electrons. The van der Waals surface area contributed by atoms with Crippen LogP contribution in [-0.2, 0) is 21.3 Å². The first kappa shape index (κ1) is 15.3. The van der Waals surface area contributed by atoms with Gasteiger partial charge in [-0.2, -0.15) is 0 Å². The Bertz CT molecular complexity index is 653. The van der Waals surface area contributed by atoms with Crippen LogP contribution in [0.2, 0.25) is 0 Å². The van der Waals surface area contributed by atoms with E-state index in [-0.39, 0.29) is 5.75 Å². The van der Waals surface area contributed by atoms with Crippen LogP contribution in [0, 0.1) is 0 Å². The van der Waals surface area contributed by atoms with Crippen molar-refractivity contribution in [3.8, 4) is 16.9 Å². The molecule has 0 spiro atoms. The smallest absolute Gasteiger partial charge is 0.230 e. The number of hydrogen-bond donors (Lipinski definition) is 1. The average Bonchev–Trinajstić information content (AvgIpc) is 2.47. The van der Waals surface area contributed by atoms with Gasteiger partial charge in [0.25, 0.3) is 0 Å². The van der Waals surface area contributed by atoms with Crippen molar-refractivity contribution in [3.05, 3.63) is 54.1 Å². The van der Waals surface area contributed by atoms with Crippen molar-refractivity contribution in [2.24, 2.45) is 5.73 Å². The van der Waals surface area contributed by atoms with Gasteiger partial charge >= 0.3 is 0 Å². The van der Waals surface area contributed by atoms with Crippen molar-refractivity contribution >= 4 is 16.7 Å². The normalized spacial score (nSPS) is 11.9. The highest BCUT2D eigenvalue weighted by atomic mass is 32.2. The zero-order chi connectivity index (χ0) is 15.2. The first-order valence-electron chi connectivity index (χ1n) is 6.45. The Morgan fingerprint density at radius 3 is 2.48 bits per heavy atom. The molecule has 0 aliphatic heterocycles. The van der Waals surface area contributed by atoms with Crippen LogP contribution in [0.4, 0.5) is 0 Å². The maximum absolute atomic E-state index is 11.7. The minimum absolute atomic E-state index is 0.0996. The van der Waals surface area contributed by atoms with Crippen LogP contribution in [-0.4, -0.2) is 23.0 Å². The molecular weight excluding hydrogens is 286 g/mol. The maximum Gasteiger partial charge on any atom is 0.230 e. The molecule has 21 heavy (non-hydrogen) atoms. The molecular formula is C16H17NO3S. The van der Waals surface area contributed by atoms with E-state index in [0.29, 0.717) is 5.75 Å². The summed E-state index contributed by atoms with van der Waals surface area (Å²) < 4.78 is 16.9. The minimum atomic E-state index is -1.25. The van der Waals surface area contributed by atoms with Crippen LogP contribution in [0.5, 0.6) is 5.75 Å². The number of primary amides is 1. The van der Waals surface area contributed by atoms with Gasteiger partial charge in [-0.25, -0.2) is 0 Å². The molecule has 4 nitrogen and oxygen atoms in total. The van der Waals surface area contributed by atoms with Gasteiger partial charge in [0.15, 0.2) is 0 Å². The molecule has 0 bridgehead atoms. The molecule has 5 heteroatoms. The first-order valence-corrected chi connectivity index (χ1v) is 7.94. The van der Waals surface area contributed by atoms with Crippen LogP contribution in [0.25, 0.3) is 11.1 Å². The second-order valence-corrected chi connectivity index (χ2v) is 6.08. The van der Waals surface area contributed by atoms with Gasteiger partial charge < -0.3 is 10.5 Å². The zero-order valence-electron chi connectivity index (χ0n) is 11.7. The fourth-order valence-electron chi connectivity index (χ4n) is 1.99. The zero-order valence-corrected chi connectivity index (χ0v) is 12.6. The van der Waals surface area contributed by atoms with Gasteiger partial charge in [-0.15, -0.1) is 0 Å². The van der Waals surface area contributed by atoms with Gasteiger partial charge in [0, 0.05) is 16.6 Å². The van der Waals surface area contributed by atoms with Crippen LogP contribution in [0.3, 0.4) is 0 Å². The number of rotatable bonds is 6. The number of carbonyl (C=O) groups is 1. The summed E-state index contributed by atoms with van der Waals surface area (Å²) in [4.78, 5) is 10.7. The number of ether oxygens (including phenoxy) is 1. The van der Waals surface area contributed by atoms with E-state index < -0.39 is 16.7 Å². The van der Waals surface area contributed by atoms with E-state index in [0.717, 1.165) is 22.4 Å². The third-order valence-electron chi connectivity index (χ3n) is 2.99. The molecule has 0 saturated heterocycles. The summed E-state index contributed by atoms with van der Waals surface area (Å²) in [6.45, 7) is 0. The Balaban J connectivity index is 2.11. The Morgan fingerprint density at radius 2 is 1.86 bits per heavy atom. The lowest BCUT2D eigenvalue weighted by Gasteiger charge is -2.06. The molecule has 0 radical (unpaired) electrons. The number of carbonyl (C=O) groups excluding carboxylic acids is 1. The van der Waals surface area contributed by atoms with Gasteiger partial charge in [-0.1, -0.05) is 36.4 Å². The van der Waals surface area contributed by atoms with Crippen molar-refractivity contribution in [1.82, 2.24) is 0 Å². The van der Waals surface area contributed by atoms with Gasteiger partial charge in [0.1, 0.15) is 11.5 Å². The molecule has 0 saturated carbocycles. The van der Waals surface area contributed by atoms with Crippen LogP contribution >= 0.6 is 0 Å². The van der Waals surface area contributed by atoms with Crippen molar-refractivity contribution < 1.29 is 13.7 Å². The van der Waals surface area contributed by atoms with Crippen molar-refractivity contribution in [1.29, 1.82) is 0 Å². The number of benzene rings is 2. The molecule has 1 unspecified atom stereocenters. The lowest BCUT2D eigenvalue weighted by Crippen LogP contribution is -2.20. The van der Waals surface area contributed by atoms with Crippen LogP contribution < -0.4 is 10.5 Å². The third kappa shape index (κ3) is 4.43. The van der Waals surface area contributed by atoms with Crippen LogP contribution in [0.15, 0.2) is 48.5 Å². The van der Waals surface area contributed by atoms with Gasteiger partial charge in [-0.05, 0) is 28.8 Å². The second-order valence-electron chi connectivity index (χ2n) is 4.62. The lowest BCUT2D eigenvalue weighted by atomic mass is 10.0. The predicted octanol–water partition coefficient (Wildman–Crippen LogP) is 2.10. The molecule has 1 amide bonds. The Morgan fingerprint density at radius 1 is 1.14 bits per heavy atom. The molecule has 0 fully saturated rings. The molecule has 2 rings (SSSR count). The number of amides is 1. The van der Waals surface area contributed by atoms with Crippen molar-refractivity contribution in [2.75, 3.05) is 12.9 Å². The van der Waals surface area contributed by atoms with E-state index >= 15 is 0 Å². The molecule has 1 atom stereocenters. The third-order valence-corrected chi connectivity index (χ3v) is 4.25. The minimum Gasteiger partial charge on any atom is -0.497 e. The fraction of sp³-hybridized carbons (Fsp3) is 0.188. The molecule has 0 aliphatic carbocycles. The van der Waals surface area contributed by atoms with Crippen molar-refractivity contribution in [2.45, 2.75) is 5.75 Å². The number of methoxy groups -OCH3 is 1. The monoisotopic (exact) mass is 303 g/mol. The summed E-state index contributed by atoms with van der Waals surface area (Å²) >= 11 is 0. The Labute approximate surface area is 126 Å². The standard InChI is InChI=1S/C16H17NO3S/c1-20-15-4-2-3-14(9-15)13-7-5-12(6-8-13)10-21(19)11-16(17)18/h2-9H,10-11H2,1H3,(H2,17,18). The summed E-state index contributed by atoms with van der Waals surface area (Å²) in [6.07, 6.45) is 0. The largest absolute Gasteiger partial charge is 0.497 e. The Hall–Kier alpha value is -2.14. The Kier molecular flexibility index (Phi) is 5.11. The maximum atomic E-state index is 11.7. The van der Waals surface area contributed by atoms with Crippen LogP contribution in [0.1, 0.15) is 5.56 Å². The van der Waals surface area contributed by atoms with E-state index in [1.165, 1.54) is 0 Å². The van der Waals surface area contributed by atoms with E-state index in [1.807, 2.05) is 48.5 Å². The van der Waals surface area contributed by atoms with E-state index in [9.17, 15) is 9.00 Å². The van der Waals surface area contributed by atoms with Crippen molar-refractivity contribution in [3.63, 3.8) is 0 Å². The van der Waals surface area contributed by atoms with E-state index in [1.54, 1.807) is 7.11 Å². The topological polar surface area (TPSA) is 69.4 Å². The summed E-state index contributed by atoms with van der Waals surface area (Å²) in [5.41, 5.74) is 8.06. The molecule has 2 N–H and O–H groups in total. The highest BCUT2D eigenvalue weighted by Gasteiger charge is 2.06. The summed E-state index contributed by atoms with van der Waals surface area (Å²) in [6, 6.07) is 15.5. The van der Waals surface area contributed by atoms with Gasteiger partial charge in [0.2, 0.25) is 5.91 Å². The SMILES string of the molecule is COc1cccc(-c2ccc(CS(=O)CC(N)=O)cc2)c1. The second kappa shape index (κ2) is 7.04. The molecule has 2 aromatic rings. The van der Waals surface area contributed by atoms with Gasteiger partial charge in [0.05, 0.1) is 7.11 Å². The molecule has 2 aromatic carbocycles. The van der Waals surface area contributed by atoms with E-state index in [4.69, 9.17) is 10.5 Å². The lowest BCUT2D eigenvalue weighted by molar-refractivity contribution is -0.115. The van der Waals surface area contributed by atoms with Gasteiger partial charge in [-0.3, -0.25) is 9.00 Å². The summed E-state index contributed by atoms with van der Waals surface area (Å²) in [5, 5.41) is 0. The summed E-state index contributed by atoms with van der Waals surface area (Å²) in [7, 11) is 0.383. The molecule has 0 heterocycles. The highest BCUT2D eigenvalue weighted by Crippen LogP contribution is 2.24. The van der Waals surface area contributed by atoms with E-state index in [2.05, 4.69) is 0 Å². The highest BCUT2D eigenvalue weighted by molar-refractivity contribution is 7.84. The predicted molar refractivity (Wildman–Crippen MR) is 84.3 cm³/mol. The fourth-order valence-corrected chi connectivity index (χ4v) is 2.98. The summed E-state index contributed by atoms with van der Waals surface area (Å²) in [5.74, 6) is 0.499. The first-order chi connectivity index (χ1) is 10.1. The molecule has 0 aliphatic rings. The molecule has 0 aromatic heterocycles. The quantitative estimate of drug-likeness (QED) is 0.888. The number of nitrogens with two attached hydrogens (primary N) is 1.